The van der Waals surface area contributed by atoms with Crippen LogP contribution in [-0.4, -0.2) is 32.5 Å². The van der Waals surface area contributed by atoms with Gasteiger partial charge in [-0.1, -0.05) is 28.1 Å². The van der Waals surface area contributed by atoms with Gasteiger partial charge in [0.25, 0.3) is 0 Å². The molecule has 0 N–H and O–H groups in total. The van der Waals surface area contributed by atoms with E-state index in [0.29, 0.717) is 5.56 Å². The van der Waals surface area contributed by atoms with E-state index in [1.54, 1.807) is 24.3 Å². The molecule has 1 atom stereocenters. The van der Waals surface area contributed by atoms with E-state index in [4.69, 9.17) is 4.74 Å². The Balaban J connectivity index is 2.08. The van der Waals surface area contributed by atoms with Gasteiger partial charge in [0.05, 0.1) is 10.5 Å². The van der Waals surface area contributed by atoms with Crippen LogP contribution in [0.3, 0.4) is 0 Å². The SMILES string of the molecule is CC(OC(=O)c1ccc(S(C)(=O)=O)cc1)C(=O)c1ccc(Br)cc1. The lowest BCUT2D eigenvalue weighted by atomic mass is 10.1. The highest BCUT2D eigenvalue weighted by Gasteiger charge is 2.20. The minimum Gasteiger partial charge on any atom is -0.451 e. The smallest absolute Gasteiger partial charge is 0.338 e. The second-order valence-electron chi connectivity index (χ2n) is 5.22. The van der Waals surface area contributed by atoms with Crippen LogP contribution in [0.2, 0.25) is 0 Å². The molecular formula is C17H15BrO5S. The molecule has 0 fully saturated rings. The summed E-state index contributed by atoms with van der Waals surface area (Å²) in [7, 11) is -3.33. The van der Waals surface area contributed by atoms with Crippen LogP contribution in [-0.2, 0) is 14.6 Å². The monoisotopic (exact) mass is 410 g/mol. The van der Waals surface area contributed by atoms with Crippen LogP contribution in [0.1, 0.15) is 27.6 Å². The molecule has 0 saturated carbocycles. The summed E-state index contributed by atoms with van der Waals surface area (Å²) < 4.78 is 28.8. The van der Waals surface area contributed by atoms with Crippen molar-refractivity contribution in [3.63, 3.8) is 0 Å². The molecule has 2 aromatic carbocycles. The van der Waals surface area contributed by atoms with Crippen molar-refractivity contribution >= 4 is 37.5 Å². The molecule has 0 bridgehead atoms. The Kier molecular flexibility index (Phi) is 5.56. The third kappa shape index (κ3) is 4.52. The van der Waals surface area contributed by atoms with Crippen molar-refractivity contribution in [3.8, 4) is 0 Å². The second kappa shape index (κ2) is 7.27. The van der Waals surface area contributed by atoms with Gasteiger partial charge in [0.15, 0.2) is 15.9 Å². The summed E-state index contributed by atoms with van der Waals surface area (Å²) in [5.41, 5.74) is 0.615. The maximum atomic E-state index is 12.2. The van der Waals surface area contributed by atoms with Gasteiger partial charge in [0.2, 0.25) is 5.78 Å². The molecule has 7 heteroatoms. The molecule has 0 spiro atoms. The zero-order chi connectivity index (χ0) is 17.9. The highest BCUT2D eigenvalue weighted by Crippen LogP contribution is 2.15. The topological polar surface area (TPSA) is 77.5 Å². The van der Waals surface area contributed by atoms with Crippen LogP contribution < -0.4 is 0 Å². The van der Waals surface area contributed by atoms with Crippen molar-refractivity contribution in [1.29, 1.82) is 0 Å². The average Bonchev–Trinajstić information content (AvgIpc) is 2.54. The Labute approximate surface area is 148 Å². The molecule has 0 saturated heterocycles. The minimum atomic E-state index is -3.33. The number of carbonyl (C=O) groups excluding carboxylic acids is 2. The standard InChI is InChI=1S/C17H15BrO5S/c1-11(16(19)12-3-7-14(18)8-4-12)23-17(20)13-5-9-15(10-6-13)24(2,21)22/h3-11H,1-2H3. The number of ether oxygens (including phenoxy) is 1. The number of ketones is 1. The lowest BCUT2D eigenvalue weighted by Gasteiger charge is -2.12. The Bertz CT molecular complexity index is 855. The minimum absolute atomic E-state index is 0.109. The third-order valence-corrected chi connectivity index (χ3v) is 4.96. The fraction of sp³-hybridized carbons (Fsp3) is 0.176. The Hall–Kier alpha value is -1.99. The molecule has 0 amide bonds. The summed E-state index contributed by atoms with van der Waals surface area (Å²) in [6, 6.07) is 12.1. The van der Waals surface area contributed by atoms with E-state index < -0.39 is 21.9 Å². The van der Waals surface area contributed by atoms with E-state index in [2.05, 4.69) is 15.9 Å². The van der Waals surface area contributed by atoms with Crippen LogP contribution >= 0.6 is 15.9 Å². The van der Waals surface area contributed by atoms with Crippen LogP contribution in [0.25, 0.3) is 0 Å². The van der Waals surface area contributed by atoms with Crippen molar-refractivity contribution in [2.45, 2.75) is 17.9 Å². The van der Waals surface area contributed by atoms with Crippen LogP contribution in [0, 0.1) is 0 Å². The molecule has 1 unspecified atom stereocenters. The number of sulfone groups is 1. The number of hydrogen-bond donors (Lipinski definition) is 0. The summed E-state index contributed by atoms with van der Waals surface area (Å²) in [6.07, 6.45) is 0.132. The van der Waals surface area contributed by atoms with Gasteiger partial charge in [0, 0.05) is 16.3 Å². The molecular weight excluding hydrogens is 396 g/mol. The molecule has 0 aliphatic carbocycles. The zero-order valence-corrected chi connectivity index (χ0v) is 15.4. The van der Waals surface area contributed by atoms with E-state index in [1.807, 2.05) is 0 Å². The first kappa shape index (κ1) is 18.4. The van der Waals surface area contributed by atoms with Crippen LogP contribution in [0.5, 0.6) is 0 Å². The lowest BCUT2D eigenvalue weighted by molar-refractivity contribution is 0.0318. The predicted octanol–water partition coefficient (Wildman–Crippen LogP) is 3.28. The van der Waals surface area contributed by atoms with Gasteiger partial charge in [-0.05, 0) is 43.3 Å². The lowest BCUT2D eigenvalue weighted by Crippen LogP contribution is -2.24. The fourth-order valence-electron chi connectivity index (χ4n) is 1.97. The summed E-state index contributed by atoms with van der Waals surface area (Å²) in [5.74, 6) is -1.00. The van der Waals surface area contributed by atoms with E-state index in [0.717, 1.165) is 10.7 Å². The molecule has 2 aromatic rings. The quantitative estimate of drug-likeness (QED) is 0.558. The summed E-state index contributed by atoms with van der Waals surface area (Å²) in [5, 5.41) is 0. The zero-order valence-electron chi connectivity index (χ0n) is 13.0. The Morgan fingerprint density at radius 3 is 1.96 bits per heavy atom. The summed E-state index contributed by atoms with van der Waals surface area (Å²) >= 11 is 3.28. The van der Waals surface area contributed by atoms with Gasteiger partial charge in [-0.3, -0.25) is 4.79 Å². The largest absolute Gasteiger partial charge is 0.451 e. The Morgan fingerprint density at radius 1 is 0.958 bits per heavy atom. The van der Waals surface area contributed by atoms with Gasteiger partial charge in [-0.15, -0.1) is 0 Å². The Morgan fingerprint density at radius 2 is 1.46 bits per heavy atom. The normalized spacial score (nSPS) is 12.5. The first-order valence-corrected chi connectivity index (χ1v) is 9.68. The number of halogens is 1. The van der Waals surface area contributed by atoms with Gasteiger partial charge >= 0.3 is 5.97 Å². The molecule has 0 aromatic heterocycles. The van der Waals surface area contributed by atoms with Crippen molar-refractivity contribution in [2.24, 2.45) is 0 Å². The maximum absolute atomic E-state index is 12.2. The van der Waals surface area contributed by atoms with Crippen molar-refractivity contribution in [3.05, 3.63) is 64.1 Å². The molecule has 5 nitrogen and oxygen atoms in total. The van der Waals surface area contributed by atoms with Gasteiger partial charge in [0.1, 0.15) is 0 Å². The van der Waals surface area contributed by atoms with E-state index in [9.17, 15) is 18.0 Å². The summed E-state index contributed by atoms with van der Waals surface area (Å²) in [4.78, 5) is 24.4. The maximum Gasteiger partial charge on any atom is 0.338 e. The number of esters is 1. The average molecular weight is 411 g/mol. The number of carbonyl (C=O) groups is 2. The third-order valence-electron chi connectivity index (χ3n) is 3.30. The number of Topliss-reactive ketones (excluding diaryl/α,β-unsaturated/α-hetero) is 1. The summed E-state index contributed by atoms with van der Waals surface area (Å²) in [6.45, 7) is 1.49. The van der Waals surface area contributed by atoms with Crippen molar-refractivity contribution in [1.82, 2.24) is 0 Å². The van der Waals surface area contributed by atoms with E-state index in [1.165, 1.54) is 31.2 Å². The first-order valence-electron chi connectivity index (χ1n) is 6.99. The molecule has 2 rings (SSSR count). The first-order chi connectivity index (χ1) is 11.2. The fourth-order valence-corrected chi connectivity index (χ4v) is 2.86. The van der Waals surface area contributed by atoms with Gasteiger partial charge < -0.3 is 4.74 Å². The molecule has 126 valence electrons. The van der Waals surface area contributed by atoms with E-state index in [-0.39, 0.29) is 16.2 Å². The molecule has 0 aliphatic rings. The molecule has 0 radical (unpaired) electrons. The van der Waals surface area contributed by atoms with Crippen molar-refractivity contribution < 1.29 is 22.7 Å². The van der Waals surface area contributed by atoms with Crippen molar-refractivity contribution in [2.75, 3.05) is 6.26 Å². The van der Waals surface area contributed by atoms with Crippen LogP contribution in [0.15, 0.2) is 57.9 Å². The number of rotatable bonds is 5. The highest BCUT2D eigenvalue weighted by atomic mass is 79.9. The number of hydrogen-bond acceptors (Lipinski definition) is 5. The van der Waals surface area contributed by atoms with E-state index >= 15 is 0 Å². The molecule has 0 heterocycles. The highest BCUT2D eigenvalue weighted by molar-refractivity contribution is 9.10. The number of benzene rings is 2. The molecule has 0 aliphatic heterocycles. The van der Waals surface area contributed by atoms with Crippen LogP contribution in [0.4, 0.5) is 0 Å². The predicted molar refractivity (Wildman–Crippen MR) is 92.9 cm³/mol. The van der Waals surface area contributed by atoms with Gasteiger partial charge in [-0.25, -0.2) is 13.2 Å². The molecule has 24 heavy (non-hydrogen) atoms. The van der Waals surface area contributed by atoms with Gasteiger partial charge in [-0.2, -0.15) is 0 Å². The second-order valence-corrected chi connectivity index (χ2v) is 8.15.